The summed E-state index contributed by atoms with van der Waals surface area (Å²) in [5.41, 5.74) is -1.26. The molecule has 5 rings (SSSR count). The Balaban J connectivity index is 1.37. The summed E-state index contributed by atoms with van der Waals surface area (Å²) in [4.78, 5) is 24.5. The number of carbonyl (C=O) groups excluding carboxylic acids is 2. The minimum absolute atomic E-state index is 0.262. The smallest absolute Gasteiger partial charge is 0.416 e. The van der Waals surface area contributed by atoms with Gasteiger partial charge in [0.05, 0.1) is 25.7 Å². The summed E-state index contributed by atoms with van der Waals surface area (Å²) in [5.74, 6) is 5.34. The Kier molecular flexibility index (Phi) is 7.68. The maximum Gasteiger partial charge on any atom is 0.416 e. The van der Waals surface area contributed by atoms with Gasteiger partial charge in [-0.2, -0.15) is 13.2 Å². The number of nitrogens with one attached hydrogen (secondary N) is 1. The number of alkyl halides is 3. The highest BCUT2D eigenvalue weighted by Crippen LogP contribution is 2.53. The molecule has 3 aliphatic rings. The van der Waals surface area contributed by atoms with Gasteiger partial charge in [-0.25, -0.2) is 0 Å². The molecule has 1 amide bonds. The summed E-state index contributed by atoms with van der Waals surface area (Å²) in [7, 11) is 2.22. The van der Waals surface area contributed by atoms with Crippen molar-refractivity contribution in [3.8, 4) is 17.6 Å². The fraction of sp³-hybridized carbons (Fsp3) is 0.500. The fourth-order valence-corrected chi connectivity index (χ4v) is 6.95. The molecular weight excluding hydrogens is 533 g/mol. The number of carbonyl (C=O) groups is 2. The van der Waals surface area contributed by atoms with E-state index in [1.165, 1.54) is 31.9 Å². The zero-order valence-corrected chi connectivity index (χ0v) is 23.4. The van der Waals surface area contributed by atoms with Crippen LogP contribution in [0.2, 0.25) is 0 Å². The van der Waals surface area contributed by atoms with Gasteiger partial charge in [0.15, 0.2) is 0 Å². The monoisotopic (exact) mass is 569 g/mol. The summed E-state index contributed by atoms with van der Waals surface area (Å²) in [6.45, 7) is 3.88. The quantitative estimate of drug-likeness (QED) is 0.239. The molecule has 0 aromatic heterocycles. The molecule has 0 spiro atoms. The molecule has 0 bridgehead atoms. The van der Waals surface area contributed by atoms with Gasteiger partial charge in [-0.3, -0.25) is 9.59 Å². The maximum absolute atomic E-state index is 12.8. The number of aliphatic hydroxyl groups is 1. The van der Waals surface area contributed by atoms with E-state index in [2.05, 4.69) is 24.2 Å². The first-order valence-electron chi connectivity index (χ1n) is 14.1. The molecule has 1 unspecified atom stereocenters. The second kappa shape index (κ2) is 10.8. The van der Waals surface area contributed by atoms with E-state index in [1.54, 1.807) is 6.07 Å². The molecule has 0 radical (unpaired) electrons. The standard InChI is InChI=1S/C32H35F3N2O4/c1-22(38)41-28-5-3-4-26(18-28)30-16-17-37(2,20-24-6-7-24)21-31(30,40)15-14-27(19-30)36-29(39)13-10-23-8-11-25(12-9-23)32(33,34)35/h3-5,8-9,11-12,18,24,27,40H,6-7,14-17,19-21H2,1-2H3/p+1/t27-,30-,31?,37+/m0/s1. The van der Waals surface area contributed by atoms with E-state index in [1.807, 2.05) is 18.2 Å². The van der Waals surface area contributed by atoms with Crippen molar-refractivity contribution in [3.05, 3.63) is 65.2 Å². The van der Waals surface area contributed by atoms with Crippen LogP contribution in [0.1, 0.15) is 62.1 Å². The van der Waals surface area contributed by atoms with E-state index >= 15 is 0 Å². The predicted molar refractivity (Wildman–Crippen MR) is 147 cm³/mol. The Labute approximate surface area is 238 Å². The Morgan fingerprint density at radius 1 is 1.12 bits per heavy atom. The second-order valence-electron chi connectivity index (χ2n) is 12.4. The van der Waals surface area contributed by atoms with Crippen LogP contribution in [-0.2, 0) is 21.2 Å². The zero-order valence-electron chi connectivity index (χ0n) is 23.4. The molecule has 6 nitrogen and oxygen atoms in total. The summed E-state index contributed by atoms with van der Waals surface area (Å²) >= 11 is 0. The number of quaternary nitrogens is 1. The molecular formula is C32H36F3N2O4+. The first kappa shape index (κ1) is 29.2. The van der Waals surface area contributed by atoms with Gasteiger partial charge in [0.2, 0.25) is 0 Å². The number of ether oxygens (including phenoxy) is 1. The first-order valence-corrected chi connectivity index (χ1v) is 14.1. The second-order valence-corrected chi connectivity index (χ2v) is 12.4. The number of hydrogen-bond acceptors (Lipinski definition) is 4. The van der Waals surface area contributed by atoms with E-state index in [-0.39, 0.29) is 6.04 Å². The molecule has 2 aliphatic carbocycles. The number of fused-ring (bicyclic) bond motifs is 1. The average Bonchev–Trinajstić information content (AvgIpc) is 3.70. The van der Waals surface area contributed by atoms with Crippen LogP contribution < -0.4 is 10.1 Å². The number of halogens is 3. The van der Waals surface area contributed by atoms with Crippen LogP contribution in [0.4, 0.5) is 13.2 Å². The molecule has 2 N–H and O–H groups in total. The minimum Gasteiger partial charge on any atom is -0.427 e. The summed E-state index contributed by atoms with van der Waals surface area (Å²) < 4.78 is 44.7. The van der Waals surface area contributed by atoms with Gasteiger partial charge in [-0.15, -0.1) is 0 Å². The molecule has 2 aromatic rings. The fourth-order valence-electron chi connectivity index (χ4n) is 6.95. The van der Waals surface area contributed by atoms with Gasteiger partial charge in [0.1, 0.15) is 17.9 Å². The van der Waals surface area contributed by atoms with Crippen LogP contribution in [0.15, 0.2) is 48.5 Å². The summed E-state index contributed by atoms with van der Waals surface area (Å²) in [6, 6.07) is 11.4. The van der Waals surface area contributed by atoms with Crippen molar-refractivity contribution in [2.24, 2.45) is 5.92 Å². The number of amides is 1. The normalized spacial score (nSPS) is 29.5. The summed E-state index contributed by atoms with van der Waals surface area (Å²) in [6.07, 6.45) is 0.295. The van der Waals surface area contributed by atoms with E-state index < -0.39 is 34.6 Å². The molecule has 218 valence electrons. The Bertz CT molecular complexity index is 1380. The predicted octanol–water partition coefficient (Wildman–Crippen LogP) is 4.58. The lowest BCUT2D eigenvalue weighted by atomic mass is 9.55. The van der Waals surface area contributed by atoms with Gasteiger partial charge >= 0.3 is 12.1 Å². The van der Waals surface area contributed by atoms with Gasteiger partial charge in [-0.1, -0.05) is 18.1 Å². The molecule has 4 atom stereocenters. The number of likely N-dealkylation sites (tertiary alicyclic amines) is 1. The van der Waals surface area contributed by atoms with Crippen LogP contribution in [-0.4, -0.2) is 59.8 Å². The third kappa shape index (κ3) is 6.44. The SMILES string of the molecule is CC(=O)Oc1cccc([C@@]23CC[N@+](C)(CC4CC4)CC2(O)CC[C@H](NC(=O)C#Cc2ccc(C(F)(F)F)cc2)C3)c1. The van der Waals surface area contributed by atoms with Crippen LogP contribution in [0.25, 0.3) is 0 Å². The zero-order chi connectivity index (χ0) is 29.5. The van der Waals surface area contributed by atoms with Crippen LogP contribution in [0.3, 0.4) is 0 Å². The molecule has 3 fully saturated rings. The molecule has 1 saturated heterocycles. The largest absolute Gasteiger partial charge is 0.427 e. The topological polar surface area (TPSA) is 75.6 Å². The molecule has 2 aromatic carbocycles. The number of benzene rings is 2. The Morgan fingerprint density at radius 3 is 2.51 bits per heavy atom. The number of piperidine rings is 1. The van der Waals surface area contributed by atoms with Crippen molar-refractivity contribution in [2.45, 2.75) is 68.7 Å². The number of likely N-dealkylation sites (N-methyl/N-ethyl adjacent to an activating group) is 1. The minimum atomic E-state index is -4.44. The molecule has 2 saturated carbocycles. The molecule has 1 aliphatic heterocycles. The highest BCUT2D eigenvalue weighted by atomic mass is 19.4. The van der Waals surface area contributed by atoms with Crippen LogP contribution >= 0.6 is 0 Å². The highest BCUT2D eigenvalue weighted by Gasteiger charge is 2.62. The lowest BCUT2D eigenvalue weighted by Gasteiger charge is -2.59. The number of esters is 1. The molecule has 9 heteroatoms. The van der Waals surface area contributed by atoms with Crippen molar-refractivity contribution in [3.63, 3.8) is 0 Å². The van der Waals surface area contributed by atoms with Crippen molar-refractivity contribution in [1.29, 1.82) is 0 Å². The third-order valence-corrected chi connectivity index (χ3v) is 9.03. The van der Waals surface area contributed by atoms with Crippen LogP contribution in [0, 0.1) is 17.8 Å². The third-order valence-electron chi connectivity index (χ3n) is 9.03. The molecule has 1 heterocycles. The summed E-state index contributed by atoms with van der Waals surface area (Å²) in [5, 5.41) is 15.4. The van der Waals surface area contributed by atoms with E-state index in [0.29, 0.717) is 49.5 Å². The van der Waals surface area contributed by atoms with Crippen molar-refractivity contribution < 1.29 is 37.1 Å². The van der Waals surface area contributed by atoms with Crippen LogP contribution in [0.5, 0.6) is 5.75 Å². The first-order chi connectivity index (χ1) is 19.3. The van der Waals surface area contributed by atoms with E-state index in [4.69, 9.17) is 4.74 Å². The van der Waals surface area contributed by atoms with E-state index in [9.17, 15) is 27.9 Å². The van der Waals surface area contributed by atoms with Gasteiger partial charge in [0, 0.05) is 42.2 Å². The van der Waals surface area contributed by atoms with Crippen molar-refractivity contribution >= 4 is 11.9 Å². The van der Waals surface area contributed by atoms with E-state index in [0.717, 1.165) is 35.3 Å². The van der Waals surface area contributed by atoms with Gasteiger partial charge in [-0.05, 0) is 74.1 Å². The number of nitrogens with zero attached hydrogens (tertiary/aromatic N) is 1. The van der Waals surface area contributed by atoms with Gasteiger partial charge < -0.3 is 19.6 Å². The van der Waals surface area contributed by atoms with Crippen molar-refractivity contribution in [2.75, 3.05) is 26.7 Å². The Hall–Kier alpha value is -3.35. The average molecular weight is 570 g/mol. The molecule has 41 heavy (non-hydrogen) atoms. The van der Waals surface area contributed by atoms with Crippen molar-refractivity contribution in [1.82, 2.24) is 5.32 Å². The lowest BCUT2D eigenvalue weighted by molar-refractivity contribution is -0.925. The highest BCUT2D eigenvalue weighted by molar-refractivity contribution is 5.94. The maximum atomic E-state index is 12.8. The lowest BCUT2D eigenvalue weighted by Crippen LogP contribution is -2.71. The number of rotatable bonds is 5. The van der Waals surface area contributed by atoms with Gasteiger partial charge in [0.25, 0.3) is 5.91 Å². The number of hydrogen-bond donors (Lipinski definition) is 2. The Morgan fingerprint density at radius 2 is 1.85 bits per heavy atom.